The normalized spacial score (nSPS) is 10.9. The molecule has 0 radical (unpaired) electrons. The molecule has 0 aromatic carbocycles. The second kappa shape index (κ2) is 2.46. The van der Waals surface area contributed by atoms with E-state index in [9.17, 15) is 0 Å². The maximum Gasteiger partial charge on any atom is 0.202 e. The maximum absolute atomic E-state index is 5.73. The van der Waals surface area contributed by atoms with Gasteiger partial charge in [0.15, 0.2) is 11.0 Å². The van der Waals surface area contributed by atoms with Crippen LogP contribution in [0.3, 0.4) is 0 Å². The summed E-state index contributed by atoms with van der Waals surface area (Å²) in [5.74, 6) is 0.614. The van der Waals surface area contributed by atoms with E-state index in [0.717, 1.165) is 0 Å². The molecule has 2 aromatic rings. The molecule has 0 saturated heterocycles. The first kappa shape index (κ1) is 8.06. The molecule has 4 N–H and O–H groups in total. The molecule has 0 saturated carbocycles. The summed E-state index contributed by atoms with van der Waals surface area (Å²) in [5, 5.41) is 11.7. The second-order valence-electron chi connectivity index (χ2n) is 2.60. The van der Waals surface area contributed by atoms with E-state index in [1.54, 1.807) is 6.92 Å². The molecular weight excluding hydrogens is 192 g/mol. The Hall–Kier alpha value is -1.56. The third kappa shape index (κ3) is 0.988. The number of hydrogen-bond donors (Lipinski definition) is 2. The zero-order chi connectivity index (χ0) is 9.59. The molecular formula is C6H7ClN6. The molecule has 2 rings (SSSR count). The van der Waals surface area contributed by atoms with Crippen molar-refractivity contribution in [3.63, 3.8) is 0 Å². The summed E-state index contributed by atoms with van der Waals surface area (Å²) in [7, 11) is 0. The standard InChI is InChI=1S/C6H7ClN6/c1-2-10-11-6-4(9)3(8)5(7)12-13(2)6/h8-9H2,1H3. The fourth-order valence-corrected chi connectivity index (χ4v) is 1.20. The van der Waals surface area contributed by atoms with Crippen LogP contribution in [0, 0.1) is 6.92 Å². The summed E-state index contributed by atoms with van der Waals surface area (Å²) in [6.07, 6.45) is 0. The van der Waals surface area contributed by atoms with Crippen LogP contribution in [0.15, 0.2) is 0 Å². The number of fused-ring (bicyclic) bond motifs is 1. The lowest BCUT2D eigenvalue weighted by molar-refractivity contribution is 0.878. The SMILES string of the molecule is Cc1nnc2c(N)c(N)c(Cl)nn12. The predicted octanol–water partition coefficient (Wildman–Crippen LogP) is 0.251. The Morgan fingerprint density at radius 1 is 1.23 bits per heavy atom. The molecule has 0 atom stereocenters. The number of aromatic nitrogens is 4. The number of nitrogens with two attached hydrogens (primary N) is 2. The molecule has 13 heavy (non-hydrogen) atoms. The van der Waals surface area contributed by atoms with Crippen LogP contribution in [0.5, 0.6) is 0 Å². The molecule has 0 aliphatic carbocycles. The van der Waals surface area contributed by atoms with Crippen molar-refractivity contribution < 1.29 is 0 Å². The highest BCUT2D eigenvalue weighted by Crippen LogP contribution is 2.25. The van der Waals surface area contributed by atoms with Crippen molar-refractivity contribution in [2.45, 2.75) is 6.92 Å². The number of rotatable bonds is 0. The average molecular weight is 199 g/mol. The fourth-order valence-electron chi connectivity index (χ4n) is 1.02. The highest BCUT2D eigenvalue weighted by Gasteiger charge is 2.11. The van der Waals surface area contributed by atoms with Gasteiger partial charge < -0.3 is 11.5 Å². The van der Waals surface area contributed by atoms with Crippen LogP contribution in [0.25, 0.3) is 5.65 Å². The van der Waals surface area contributed by atoms with E-state index in [0.29, 0.717) is 17.2 Å². The van der Waals surface area contributed by atoms with E-state index >= 15 is 0 Å². The minimum absolute atomic E-state index is 0.160. The van der Waals surface area contributed by atoms with Crippen LogP contribution in [0.2, 0.25) is 5.15 Å². The molecule has 2 aromatic heterocycles. The van der Waals surface area contributed by atoms with E-state index in [4.69, 9.17) is 23.1 Å². The molecule has 7 heteroatoms. The molecule has 0 unspecified atom stereocenters. The van der Waals surface area contributed by atoms with Crippen LogP contribution in [-0.2, 0) is 0 Å². The quantitative estimate of drug-likeness (QED) is 0.633. The molecule has 0 fully saturated rings. The summed E-state index contributed by atoms with van der Waals surface area (Å²) < 4.78 is 1.45. The van der Waals surface area contributed by atoms with Gasteiger partial charge in [0.05, 0.1) is 5.69 Å². The van der Waals surface area contributed by atoms with Crippen LogP contribution in [0.4, 0.5) is 11.4 Å². The van der Waals surface area contributed by atoms with E-state index in [1.165, 1.54) is 4.52 Å². The van der Waals surface area contributed by atoms with Gasteiger partial charge in [0.25, 0.3) is 0 Å². The Balaban J connectivity index is 2.96. The van der Waals surface area contributed by atoms with Gasteiger partial charge in [-0.3, -0.25) is 0 Å². The molecule has 0 bridgehead atoms. The fraction of sp³-hybridized carbons (Fsp3) is 0.167. The van der Waals surface area contributed by atoms with Crippen molar-refractivity contribution in [1.29, 1.82) is 0 Å². The first-order chi connectivity index (χ1) is 6.11. The van der Waals surface area contributed by atoms with Gasteiger partial charge in [0, 0.05) is 0 Å². The van der Waals surface area contributed by atoms with E-state index in [-0.39, 0.29) is 10.8 Å². The van der Waals surface area contributed by atoms with Crippen molar-refractivity contribution in [3.8, 4) is 0 Å². The van der Waals surface area contributed by atoms with Gasteiger partial charge >= 0.3 is 0 Å². The maximum atomic E-state index is 5.73. The number of anilines is 2. The number of hydrogen-bond acceptors (Lipinski definition) is 5. The molecule has 0 aliphatic heterocycles. The van der Waals surface area contributed by atoms with Gasteiger partial charge in [0.2, 0.25) is 5.65 Å². The number of nitrogen functional groups attached to an aromatic ring is 2. The number of halogens is 1. The molecule has 0 aliphatic rings. The summed E-state index contributed by atoms with van der Waals surface area (Å²) in [5.41, 5.74) is 12.2. The van der Waals surface area contributed by atoms with E-state index < -0.39 is 0 Å². The smallest absolute Gasteiger partial charge is 0.202 e. The largest absolute Gasteiger partial charge is 0.394 e. The van der Waals surface area contributed by atoms with Crippen LogP contribution < -0.4 is 11.5 Å². The lowest BCUT2D eigenvalue weighted by Crippen LogP contribution is -2.04. The Kier molecular flexibility index (Phi) is 1.53. The Morgan fingerprint density at radius 2 is 1.92 bits per heavy atom. The lowest BCUT2D eigenvalue weighted by atomic mass is 10.4. The van der Waals surface area contributed by atoms with Crippen molar-refractivity contribution >= 4 is 28.6 Å². The number of aryl methyl sites for hydroxylation is 1. The minimum atomic E-state index is 0.160. The Bertz CT molecular complexity index is 475. The van der Waals surface area contributed by atoms with Crippen molar-refractivity contribution in [1.82, 2.24) is 19.8 Å². The zero-order valence-corrected chi connectivity index (χ0v) is 7.58. The summed E-state index contributed by atoms with van der Waals surface area (Å²) >= 11 is 5.73. The highest BCUT2D eigenvalue weighted by atomic mass is 35.5. The Labute approximate surface area is 78.5 Å². The lowest BCUT2D eigenvalue weighted by Gasteiger charge is -2.02. The van der Waals surface area contributed by atoms with Gasteiger partial charge in [-0.25, -0.2) is 0 Å². The molecule has 0 spiro atoms. The van der Waals surface area contributed by atoms with Crippen molar-refractivity contribution in [3.05, 3.63) is 11.0 Å². The van der Waals surface area contributed by atoms with Crippen molar-refractivity contribution in [2.75, 3.05) is 11.5 Å². The minimum Gasteiger partial charge on any atom is -0.394 e. The summed E-state index contributed by atoms with van der Waals surface area (Å²) in [4.78, 5) is 0. The second-order valence-corrected chi connectivity index (χ2v) is 2.96. The van der Waals surface area contributed by atoms with Gasteiger partial charge in [-0.1, -0.05) is 11.6 Å². The molecule has 6 nitrogen and oxygen atoms in total. The van der Waals surface area contributed by atoms with Crippen LogP contribution in [0.1, 0.15) is 5.82 Å². The van der Waals surface area contributed by atoms with E-state index in [2.05, 4.69) is 15.3 Å². The summed E-state index contributed by atoms with van der Waals surface area (Å²) in [6.45, 7) is 1.75. The topological polar surface area (TPSA) is 95.1 Å². The third-order valence-corrected chi connectivity index (χ3v) is 2.02. The van der Waals surface area contributed by atoms with Crippen LogP contribution in [-0.4, -0.2) is 19.8 Å². The summed E-state index contributed by atoms with van der Waals surface area (Å²) in [6, 6.07) is 0. The molecule has 2 heterocycles. The zero-order valence-electron chi connectivity index (χ0n) is 6.82. The van der Waals surface area contributed by atoms with Crippen LogP contribution >= 0.6 is 11.6 Å². The molecule has 0 amide bonds. The van der Waals surface area contributed by atoms with Gasteiger partial charge in [-0.2, -0.15) is 9.61 Å². The average Bonchev–Trinajstić information content (AvgIpc) is 2.45. The first-order valence-electron chi connectivity index (χ1n) is 3.53. The van der Waals surface area contributed by atoms with Gasteiger partial charge in [-0.15, -0.1) is 10.2 Å². The highest BCUT2D eigenvalue weighted by molar-refractivity contribution is 6.32. The van der Waals surface area contributed by atoms with Gasteiger partial charge in [0.1, 0.15) is 5.69 Å². The van der Waals surface area contributed by atoms with Gasteiger partial charge in [-0.05, 0) is 6.92 Å². The molecule has 68 valence electrons. The monoisotopic (exact) mass is 198 g/mol. The predicted molar refractivity (Wildman–Crippen MR) is 49.4 cm³/mol. The Morgan fingerprint density at radius 3 is 2.62 bits per heavy atom. The van der Waals surface area contributed by atoms with E-state index in [1.807, 2.05) is 0 Å². The third-order valence-electron chi connectivity index (χ3n) is 1.74. The first-order valence-corrected chi connectivity index (χ1v) is 3.91. The van der Waals surface area contributed by atoms with Crippen molar-refractivity contribution in [2.24, 2.45) is 0 Å². The number of nitrogens with zero attached hydrogens (tertiary/aromatic N) is 4.